The highest BCUT2D eigenvalue weighted by Gasteiger charge is 2.22. The van der Waals surface area contributed by atoms with E-state index in [1.165, 1.54) is 11.6 Å². The van der Waals surface area contributed by atoms with E-state index < -0.39 is 0 Å². The molecular formula is C22H21N5O2S. The summed E-state index contributed by atoms with van der Waals surface area (Å²) < 4.78 is 1.56. The predicted octanol–water partition coefficient (Wildman–Crippen LogP) is 3.21. The van der Waals surface area contributed by atoms with Gasteiger partial charge in [-0.15, -0.1) is 11.3 Å². The summed E-state index contributed by atoms with van der Waals surface area (Å²) in [5.74, 6) is 0.382. The quantitative estimate of drug-likeness (QED) is 0.499. The monoisotopic (exact) mass is 419 g/mol. The van der Waals surface area contributed by atoms with Crippen LogP contribution in [0.5, 0.6) is 0 Å². The number of nitrogens with one attached hydrogen (secondary N) is 1. The van der Waals surface area contributed by atoms with Crippen LogP contribution in [0.2, 0.25) is 0 Å². The second kappa shape index (κ2) is 8.87. The smallest absolute Gasteiger partial charge is 0.264 e. The highest BCUT2D eigenvalue weighted by atomic mass is 32.1. The van der Waals surface area contributed by atoms with Gasteiger partial charge in [-0.2, -0.15) is 10.2 Å². The van der Waals surface area contributed by atoms with E-state index in [9.17, 15) is 9.59 Å². The molecule has 0 fully saturated rings. The number of rotatable bonds is 7. The fourth-order valence-electron chi connectivity index (χ4n) is 3.23. The lowest BCUT2D eigenvalue weighted by Crippen LogP contribution is -2.32. The van der Waals surface area contributed by atoms with E-state index in [-0.39, 0.29) is 11.5 Å². The summed E-state index contributed by atoms with van der Waals surface area (Å²) in [6, 6.07) is 17.1. The summed E-state index contributed by atoms with van der Waals surface area (Å²) >= 11 is 1.63. The molecule has 0 aliphatic heterocycles. The lowest BCUT2D eigenvalue weighted by molar-refractivity contribution is 0.0746. The zero-order chi connectivity index (χ0) is 20.9. The molecule has 0 bridgehead atoms. The Labute approximate surface area is 177 Å². The Hall–Kier alpha value is -3.52. The molecule has 0 aliphatic carbocycles. The van der Waals surface area contributed by atoms with Crippen molar-refractivity contribution in [2.75, 3.05) is 6.54 Å². The van der Waals surface area contributed by atoms with Gasteiger partial charge in [-0.3, -0.25) is 9.59 Å². The summed E-state index contributed by atoms with van der Waals surface area (Å²) in [6.45, 7) is 2.97. The first-order valence-electron chi connectivity index (χ1n) is 9.58. The van der Waals surface area contributed by atoms with Crippen LogP contribution >= 0.6 is 11.3 Å². The number of benzene rings is 1. The standard InChI is InChI=1S/C22H21N5O2S/c1-16-19(14-23-27(16)20-9-10-21(28)25-24-20)22(29)26(15-18-8-5-13-30-18)12-11-17-6-3-2-4-7-17/h2-10,13-14H,11-12,15H2,1H3,(H,25,28). The molecule has 0 unspecified atom stereocenters. The van der Waals surface area contributed by atoms with Crippen LogP contribution in [0.4, 0.5) is 0 Å². The summed E-state index contributed by atoms with van der Waals surface area (Å²) in [6.07, 6.45) is 2.33. The molecule has 4 rings (SSSR count). The third-order valence-corrected chi connectivity index (χ3v) is 5.71. The Morgan fingerprint density at radius 1 is 1.13 bits per heavy atom. The molecule has 0 saturated heterocycles. The summed E-state index contributed by atoms with van der Waals surface area (Å²) in [5, 5.41) is 12.7. The normalized spacial score (nSPS) is 10.8. The summed E-state index contributed by atoms with van der Waals surface area (Å²) in [5.41, 5.74) is 2.09. The van der Waals surface area contributed by atoms with Crippen LogP contribution in [0.15, 0.2) is 71.0 Å². The Kier molecular flexibility index (Phi) is 5.85. The second-order valence-electron chi connectivity index (χ2n) is 6.88. The Balaban J connectivity index is 1.59. The van der Waals surface area contributed by atoms with Crippen molar-refractivity contribution in [3.63, 3.8) is 0 Å². The number of hydrogen-bond donors (Lipinski definition) is 1. The third-order valence-electron chi connectivity index (χ3n) is 4.85. The van der Waals surface area contributed by atoms with Crippen molar-refractivity contribution in [1.82, 2.24) is 24.9 Å². The largest absolute Gasteiger partial charge is 0.333 e. The molecule has 3 heterocycles. The number of hydrogen-bond acceptors (Lipinski definition) is 5. The van der Waals surface area contributed by atoms with Crippen LogP contribution in [0.25, 0.3) is 5.82 Å². The average molecular weight is 420 g/mol. The molecule has 1 aromatic carbocycles. The van der Waals surface area contributed by atoms with Crippen molar-refractivity contribution >= 4 is 17.2 Å². The number of aromatic nitrogens is 4. The Bertz CT molecular complexity index is 1160. The molecule has 0 saturated carbocycles. The van der Waals surface area contributed by atoms with Crippen molar-refractivity contribution in [2.24, 2.45) is 0 Å². The first-order valence-corrected chi connectivity index (χ1v) is 10.5. The molecule has 8 heteroatoms. The molecule has 7 nitrogen and oxygen atoms in total. The van der Waals surface area contributed by atoms with Gasteiger partial charge in [0.1, 0.15) is 0 Å². The molecule has 1 amide bonds. The van der Waals surface area contributed by atoms with Crippen molar-refractivity contribution < 1.29 is 4.79 Å². The highest BCUT2D eigenvalue weighted by molar-refractivity contribution is 7.09. The predicted molar refractivity (Wildman–Crippen MR) is 116 cm³/mol. The van der Waals surface area contributed by atoms with E-state index in [2.05, 4.69) is 27.4 Å². The number of nitrogens with zero attached hydrogens (tertiary/aromatic N) is 4. The number of aromatic amines is 1. The van der Waals surface area contributed by atoms with Gasteiger partial charge in [0.2, 0.25) is 0 Å². The number of carbonyl (C=O) groups excluding carboxylic acids is 1. The number of H-pyrrole nitrogens is 1. The SMILES string of the molecule is Cc1c(C(=O)N(CCc2ccccc2)Cc2cccs2)cnn1-c1ccc(=O)[nH]n1. The molecule has 30 heavy (non-hydrogen) atoms. The highest BCUT2D eigenvalue weighted by Crippen LogP contribution is 2.18. The minimum Gasteiger partial charge on any atom is -0.333 e. The average Bonchev–Trinajstić information content (AvgIpc) is 3.42. The maximum absolute atomic E-state index is 13.4. The van der Waals surface area contributed by atoms with Gasteiger partial charge in [-0.1, -0.05) is 36.4 Å². The van der Waals surface area contributed by atoms with Gasteiger partial charge in [0, 0.05) is 17.5 Å². The van der Waals surface area contributed by atoms with Crippen LogP contribution in [-0.2, 0) is 13.0 Å². The lowest BCUT2D eigenvalue weighted by atomic mass is 10.1. The fourth-order valence-corrected chi connectivity index (χ4v) is 3.95. The first kappa shape index (κ1) is 19.8. The van der Waals surface area contributed by atoms with Crippen LogP contribution in [0.1, 0.15) is 26.5 Å². The summed E-state index contributed by atoms with van der Waals surface area (Å²) in [7, 11) is 0. The van der Waals surface area contributed by atoms with Crippen molar-refractivity contribution in [3.05, 3.63) is 98.2 Å². The Morgan fingerprint density at radius 3 is 2.67 bits per heavy atom. The number of amides is 1. The molecule has 0 aliphatic rings. The maximum Gasteiger partial charge on any atom is 0.264 e. The number of carbonyl (C=O) groups is 1. The van der Waals surface area contributed by atoms with E-state index in [1.54, 1.807) is 28.3 Å². The maximum atomic E-state index is 13.4. The topological polar surface area (TPSA) is 83.9 Å². The van der Waals surface area contributed by atoms with Crippen LogP contribution in [0, 0.1) is 6.92 Å². The van der Waals surface area contributed by atoms with E-state index in [4.69, 9.17) is 0 Å². The second-order valence-corrected chi connectivity index (χ2v) is 7.91. The molecule has 3 aromatic heterocycles. The van der Waals surface area contributed by atoms with Crippen LogP contribution < -0.4 is 5.56 Å². The summed E-state index contributed by atoms with van der Waals surface area (Å²) in [4.78, 5) is 27.7. The first-order chi connectivity index (χ1) is 14.6. The minimum absolute atomic E-state index is 0.0764. The fraction of sp³-hybridized carbons (Fsp3) is 0.182. The lowest BCUT2D eigenvalue weighted by Gasteiger charge is -2.22. The Morgan fingerprint density at radius 2 is 1.97 bits per heavy atom. The molecule has 0 spiro atoms. The zero-order valence-corrected chi connectivity index (χ0v) is 17.3. The van der Waals surface area contributed by atoms with Crippen LogP contribution in [-0.4, -0.2) is 37.3 Å². The minimum atomic E-state index is -0.289. The molecule has 152 valence electrons. The van der Waals surface area contributed by atoms with E-state index in [1.807, 2.05) is 47.5 Å². The van der Waals surface area contributed by atoms with E-state index in [0.29, 0.717) is 30.2 Å². The van der Waals surface area contributed by atoms with Gasteiger partial charge in [-0.25, -0.2) is 9.78 Å². The van der Waals surface area contributed by atoms with Crippen molar-refractivity contribution in [1.29, 1.82) is 0 Å². The molecule has 0 atom stereocenters. The molecule has 4 aromatic rings. The molecule has 1 N–H and O–H groups in total. The molecule has 0 radical (unpaired) electrons. The van der Waals surface area contributed by atoms with Crippen LogP contribution in [0.3, 0.4) is 0 Å². The zero-order valence-electron chi connectivity index (χ0n) is 16.5. The van der Waals surface area contributed by atoms with Gasteiger partial charge in [-0.05, 0) is 36.4 Å². The van der Waals surface area contributed by atoms with Crippen molar-refractivity contribution in [3.8, 4) is 5.82 Å². The number of thiophene rings is 1. The third kappa shape index (κ3) is 4.38. The van der Waals surface area contributed by atoms with E-state index in [0.717, 1.165) is 11.3 Å². The molecular weight excluding hydrogens is 398 g/mol. The van der Waals surface area contributed by atoms with Crippen molar-refractivity contribution in [2.45, 2.75) is 19.9 Å². The van der Waals surface area contributed by atoms with Gasteiger partial charge < -0.3 is 4.90 Å². The van der Waals surface area contributed by atoms with Gasteiger partial charge >= 0.3 is 0 Å². The van der Waals surface area contributed by atoms with Gasteiger partial charge in [0.15, 0.2) is 5.82 Å². The van der Waals surface area contributed by atoms with E-state index >= 15 is 0 Å². The van der Waals surface area contributed by atoms with Gasteiger partial charge in [0.05, 0.1) is 24.0 Å². The van der Waals surface area contributed by atoms with Gasteiger partial charge in [0.25, 0.3) is 11.5 Å².